The third kappa shape index (κ3) is 8.80. The topological polar surface area (TPSA) is 140 Å². The van der Waals surface area contributed by atoms with E-state index in [1.807, 2.05) is 60.1 Å². The fourth-order valence-electron chi connectivity index (χ4n) is 4.34. The third-order valence-electron chi connectivity index (χ3n) is 6.62. The van der Waals surface area contributed by atoms with Crippen LogP contribution in [-0.2, 0) is 16.6 Å². The van der Waals surface area contributed by atoms with E-state index < -0.39 is 23.9 Å². The van der Waals surface area contributed by atoms with E-state index >= 15 is 0 Å². The maximum atomic E-state index is 13.3. The first-order valence-electron chi connectivity index (χ1n) is 14.1. The van der Waals surface area contributed by atoms with Crippen molar-refractivity contribution in [3.8, 4) is 5.75 Å². The van der Waals surface area contributed by atoms with Crippen molar-refractivity contribution in [3.05, 3.63) is 83.5 Å². The second-order valence-electron chi connectivity index (χ2n) is 10.2. The number of hydrogen-bond donors (Lipinski definition) is 3. The monoisotopic (exact) mass is 737 g/mol. The number of imidazole rings is 1. The molecule has 1 aliphatic heterocycles. The summed E-state index contributed by atoms with van der Waals surface area (Å²) in [6, 6.07) is 20.9. The van der Waals surface area contributed by atoms with Gasteiger partial charge in [0.25, 0.3) is 5.91 Å². The first kappa shape index (κ1) is 35.9. The number of alkyl halides is 6. The summed E-state index contributed by atoms with van der Waals surface area (Å²) in [7, 11) is 1.86. The Morgan fingerprint density at radius 2 is 1.62 bits per heavy atom. The molecular weight excluding hydrogens is 716 g/mol. The number of amides is 1. The molecule has 5 aromatic rings. The molecular formula is C31H22ClF6N7O4S. The van der Waals surface area contributed by atoms with E-state index in [2.05, 4.69) is 30.9 Å². The molecule has 0 aliphatic carbocycles. The molecule has 50 heavy (non-hydrogen) atoms. The fraction of sp³-hybridized carbons (Fsp3) is 0.161. The zero-order valence-electron chi connectivity index (χ0n) is 25.3. The molecule has 260 valence electrons. The van der Waals surface area contributed by atoms with E-state index in [4.69, 9.17) is 16.3 Å². The average molecular weight is 738 g/mol. The number of halogens is 7. The minimum Gasteiger partial charge on any atom is -0.493 e. The largest absolute Gasteiger partial charge is 0.493 e. The summed E-state index contributed by atoms with van der Waals surface area (Å²) in [6.07, 6.45) is -10.0. The van der Waals surface area contributed by atoms with Crippen LogP contribution in [0.5, 0.6) is 5.75 Å². The highest BCUT2D eigenvalue weighted by Gasteiger charge is 2.54. The van der Waals surface area contributed by atoms with Gasteiger partial charge in [-0.05, 0) is 42.5 Å². The number of thioether (sulfide) groups is 1. The van der Waals surface area contributed by atoms with Crippen LogP contribution in [0.2, 0.25) is 5.02 Å². The first-order valence-corrected chi connectivity index (χ1v) is 15.5. The first-order chi connectivity index (χ1) is 23.6. The Morgan fingerprint density at radius 1 is 0.900 bits per heavy atom. The van der Waals surface area contributed by atoms with Crippen molar-refractivity contribution >= 4 is 81.0 Å². The molecule has 6 rings (SSSR count). The number of aromatic nitrogens is 4. The highest BCUT2D eigenvalue weighted by Crippen LogP contribution is 2.30. The molecule has 19 heteroatoms. The highest BCUT2D eigenvalue weighted by molar-refractivity contribution is 7.99. The second kappa shape index (κ2) is 14.6. The second-order valence-corrected chi connectivity index (χ2v) is 11.8. The standard InChI is InChI=1S/C27H22ClN7O2S.C4F6O2/c1-35-23-8-3-2-7-22(23)32-27(35)34-25(36)16-11-18-13-19(12-16)37-9-10-38-20-6-4-5-17(14-20)30-24-21(28)15-29-26(31-18)33-24;5-3(6,7)1(11)2(12)4(8,9)10/h2-8,11-15H,9-10H2,1H3,(H,32,34,36)(H2,29,30,31,33);. The van der Waals surface area contributed by atoms with Gasteiger partial charge in [0.2, 0.25) is 11.9 Å². The van der Waals surface area contributed by atoms with Crippen LogP contribution in [0.25, 0.3) is 11.0 Å². The van der Waals surface area contributed by atoms with E-state index in [9.17, 15) is 40.7 Å². The van der Waals surface area contributed by atoms with E-state index in [1.54, 1.807) is 30.0 Å². The van der Waals surface area contributed by atoms with E-state index in [0.29, 0.717) is 46.3 Å². The molecule has 0 unspecified atom stereocenters. The Morgan fingerprint density at radius 3 is 2.32 bits per heavy atom. The summed E-state index contributed by atoms with van der Waals surface area (Å²) < 4.78 is 74.8. The predicted molar refractivity (Wildman–Crippen MR) is 174 cm³/mol. The van der Waals surface area contributed by atoms with Crippen molar-refractivity contribution in [3.63, 3.8) is 0 Å². The molecule has 0 atom stereocenters. The van der Waals surface area contributed by atoms with Gasteiger partial charge in [0.1, 0.15) is 10.8 Å². The van der Waals surface area contributed by atoms with Gasteiger partial charge in [-0.1, -0.05) is 29.8 Å². The van der Waals surface area contributed by atoms with Gasteiger partial charge in [-0.3, -0.25) is 19.7 Å². The number of aryl methyl sites for hydroxylation is 1. The number of hydrogen-bond acceptors (Lipinski definition) is 10. The molecule has 0 radical (unpaired) electrons. The fourth-order valence-corrected chi connectivity index (χ4v) is 5.26. The minimum absolute atomic E-state index is 0.316. The summed E-state index contributed by atoms with van der Waals surface area (Å²) in [5.41, 5.74) is 3.57. The van der Waals surface area contributed by atoms with Crippen LogP contribution < -0.4 is 20.7 Å². The Labute approximate surface area is 287 Å². The molecule has 1 amide bonds. The summed E-state index contributed by atoms with van der Waals surface area (Å²) in [5, 5.41) is 9.73. The third-order valence-corrected chi connectivity index (χ3v) is 7.85. The Hall–Kier alpha value is -5.36. The van der Waals surface area contributed by atoms with Crippen LogP contribution in [0.1, 0.15) is 10.4 Å². The summed E-state index contributed by atoms with van der Waals surface area (Å²) in [6.45, 7) is 0.452. The molecule has 0 saturated heterocycles. The normalized spacial score (nSPS) is 12.9. The van der Waals surface area contributed by atoms with Gasteiger partial charge in [-0.15, -0.1) is 11.8 Å². The molecule has 1 aliphatic rings. The zero-order chi connectivity index (χ0) is 36.2. The highest BCUT2D eigenvalue weighted by atomic mass is 35.5. The lowest BCUT2D eigenvalue weighted by Crippen LogP contribution is -2.39. The minimum atomic E-state index is -5.77. The van der Waals surface area contributed by atoms with Crippen molar-refractivity contribution in [2.75, 3.05) is 28.3 Å². The number of anilines is 5. The van der Waals surface area contributed by atoms with Crippen LogP contribution in [0, 0.1) is 0 Å². The molecule has 0 fully saturated rings. The number of carbonyl (C=O) groups is 3. The Kier molecular flexibility index (Phi) is 10.5. The molecule has 2 aromatic heterocycles. The van der Waals surface area contributed by atoms with Gasteiger partial charge >= 0.3 is 23.9 Å². The van der Waals surface area contributed by atoms with E-state index in [0.717, 1.165) is 27.4 Å². The number of fused-ring (bicyclic) bond motifs is 7. The number of nitrogens with one attached hydrogen (secondary N) is 3. The summed E-state index contributed by atoms with van der Waals surface area (Å²) in [4.78, 5) is 47.0. The SMILES string of the molecule is Cn1c(NC(=O)c2cc3cc(c2)OCCSc2cccc(c2)Nc2nc(ncc2Cl)N3)nc2ccccc21.O=C(C(=O)C(F)(F)F)C(F)(F)F. The van der Waals surface area contributed by atoms with Crippen LogP contribution in [0.15, 0.2) is 77.8 Å². The van der Waals surface area contributed by atoms with Crippen molar-refractivity contribution < 1.29 is 45.5 Å². The Balaban J connectivity index is 0.000000349. The molecule has 0 spiro atoms. The predicted octanol–water partition coefficient (Wildman–Crippen LogP) is 7.49. The van der Waals surface area contributed by atoms with Gasteiger partial charge in [0, 0.05) is 40.7 Å². The number of Topliss-reactive ketones (excluding diaryl/α,β-unsaturated/α-hetero) is 2. The quantitative estimate of drug-likeness (QED) is 0.126. The molecule has 3 heterocycles. The van der Waals surface area contributed by atoms with Crippen LogP contribution >= 0.6 is 23.4 Å². The van der Waals surface area contributed by atoms with E-state index in [-0.39, 0.29) is 5.91 Å². The molecule has 0 saturated carbocycles. The number of nitrogens with zero attached hydrogens (tertiary/aromatic N) is 4. The number of carbonyl (C=O) groups excluding carboxylic acids is 3. The summed E-state index contributed by atoms with van der Waals surface area (Å²) in [5.74, 6) is -4.64. The number of rotatable bonds is 3. The number of ketones is 2. The zero-order valence-corrected chi connectivity index (χ0v) is 26.9. The lowest BCUT2D eigenvalue weighted by Gasteiger charge is -2.13. The number of benzene rings is 3. The number of para-hydroxylation sites is 2. The molecule has 11 nitrogen and oxygen atoms in total. The molecule has 3 aromatic carbocycles. The maximum absolute atomic E-state index is 13.3. The van der Waals surface area contributed by atoms with Crippen molar-refractivity contribution in [2.45, 2.75) is 17.2 Å². The molecule has 6 bridgehead atoms. The van der Waals surface area contributed by atoms with Crippen molar-refractivity contribution in [1.29, 1.82) is 0 Å². The van der Waals surface area contributed by atoms with Gasteiger partial charge in [-0.25, -0.2) is 9.97 Å². The summed E-state index contributed by atoms with van der Waals surface area (Å²) >= 11 is 8.03. The Bertz CT molecular complexity index is 2070. The van der Waals surface area contributed by atoms with Crippen LogP contribution in [0.3, 0.4) is 0 Å². The van der Waals surface area contributed by atoms with Gasteiger partial charge in [0.15, 0.2) is 5.82 Å². The lowest BCUT2D eigenvalue weighted by molar-refractivity contribution is -0.193. The maximum Gasteiger partial charge on any atom is 0.458 e. The van der Waals surface area contributed by atoms with Gasteiger partial charge in [-0.2, -0.15) is 31.3 Å². The van der Waals surface area contributed by atoms with Gasteiger partial charge in [0.05, 0.1) is 23.8 Å². The van der Waals surface area contributed by atoms with Crippen molar-refractivity contribution in [1.82, 2.24) is 19.5 Å². The number of ether oxygens (including phenoxy) is 1. The average Bonchev–Trinajstić information content (AvgIpc) is 3.37. The van der Waals surface area contributed by atoms with E-state index in [1.165, 1.54) is 6.20 Å². The van der Waals surface area contributed by atoms with Gasteiger partial charge < -0.3 is 19.9 Å². The lowest BCUT2D eigenvalue weighted by atomic mass is 10.1. The van der Waals surface area contributed by atoms with Crippen LogP contribution in [0.4, 0.5) is 55.4 Å². The smallest absolute Gasteiger partial charge is 0.458 e. The molecule has 3 N–H and O–H groups in total. The van der Waals surface area contributed by atoms with Crippen LogP contribution in [-0.4, -0.2) is 61.7 Å². The van der Waals surface area contributed by atoms with Crippen molar-refractivity contribution in [2.24, 2.45) is 7.05 Å².